The third kappa shape index (κ3) is 4.37. The maximum atomic E-state index is 14.4. The molecule has 3 aromatic rings. The summed E-state index contributed by atoms with van der Waals surface area (Å²) in [5.74, 6) is 2.10. The van der Waals surface area contributed by atoms with Crippen LogP contribution in [0, 0.1) is 23.6 Å². The SMILES string of the molecule is O=C(/C=C/c1cccnc1)NCC[C@@H]1[C@H]2CN(c3nc(-c4ccccc4)ncc3F)C[C@@H]12. The first kappa shape index (κ1) is 20.3. The van der Waals surface area contributed by atoms with Gasteiger partial charge in [0, 0.05) is 43.7 Å². The first-order valence-corrected chi connectivity index (χ1v) is 10.9. The molecule has 0 radical (unpaired) electrons. The normalized spacial score (nSPS) is 21.5. The smallest absolute Gasteiger partial charge is 0.244 e. The molecule has 1 amide bonds. The fourth-order valence-corrected chi connectivity index (χ4v) is 4.62. The van der Waals surface area contributed by atoms with Crippen molar-refractivity contribution in [2.24, 2.45) is 17.8 Å². The zero-order valence-electron chi connectivity index (χ0n) is 17.6. The Kier molecular flexibility index (Phi) is 5.62. The topological polar surface area (TPSA) is 71.0 Å². The van der Waals surface area contributed by atoms with E-state index in [2.05, 4.69) is 20.3 Å². The summed E-state index contributed by atoms with van der Waals surface area (Å²) < 4.78 is 14.4. The van der Waals surface area contributed by atoms with Gasteiger partial charge in [-0.15, -0.1) is 0 Å². The van der Waals surface area contributed by atoms with Gasteiger partial charge in [0.2, 0.25) is 5.91 Å². The summed E-state index contributed by atoms with van der Waals surface area (Å²) in [7, 11) is 0. The molecule has 32 heavy (non-hydrogen) atoms. The molecule has 7 heteroatoms. The molecule has 2 fully saturated rings. The number of aromatic nitrogens is 3. The number of benzene rings is 1. The predicted octanol–water partition coefficient (Wildman–Crippen LogP) is 3.58. The lowest BCUT2D eigenvalue weighted by atomic mass is 10.2. The lowest BCUT2D eigenvalue weighted by Gasteiger charge is -2.21. The number of pyridine rings is 1. The number of halogens is 1. The van der Waals surface area contributed by atoms with Crippen molar-refractivity contribution in [3.8, 4) is 11.4 Å². The zero-order chi connectivity index (χ0) is 21.9. The average molecular weight is 429 g/mol. The molecule has 0 unspecified atom stereocenters. The molecule has 6 nitrogen and oxygen atoms in total. The number of fused-ring (bicyclic) bond motifs is 1. The third-order valence-corrected chi connectivity index (χ3v) is 6.32. The lowest BCUT2D eigenvalue weighted by molar-refractivity contribution is -0.116. The molecule has 5 rings (SSSR count). The number of carbonyl (C=O) groups is 1. The zero-order valence-corrected chi connectivity index (χ0v) is 17.6. The van der Waals surface area contributed by atoms with Crippen LogP contribution in [0.3, 0.4) is 0 Å². The van der Waals surface area contributed by atoms with Gasteiger partial charge in [-0.1, -0.05) is 36.4 Å². The molecule has 3 atom stereocenters. The van der Waals surface area contributed by atoms with Crippen LogP contribution in [-0.4, -0.2) is 40.5 Å². The van der Waals surface area contributed by atoms with E-state index in [-0.39, 0.29) is 11.7 Å². The molecular formula is C25H24FN5O. The number of nitrogens with zero attached hydrogens (tertiary/aromatic N) is 4. The van der Waals surface area contributed by atoms with Crippen LogP contribution in [0.15, 0.2) is 67.1 Å². The van der Waals surface area contributed by atoms with Crippen LogP contribution in [0.5, 0.6) is 0 Å². The van der Waals surface area contributed by atoms with Crippen molar-refractivity contribution in [3.63, 3.8) is 0 Å². The Labute approximate surface area is 186 Å². The number of anilines is 1. The van der Waals surface area contributed by atoms with Gasteiger partial charge in [0.15, 0.2) is 17.5 Å². The molecule has 0 bridgehead atoms. The Morgan fingerprint density at radius 1 is 1.12 bits per heavy atom. The summed E-state index contributed by atoms with van der Waals surface area (Å²) in [5.41, 5.74) is 1.77. The minimum atomic E-state index is -0.379. The molecule has 2 aliphatic rings. The van der Waals surface area contributed by atoms with Crippen LogP contribution in [0.4, 0.5) is 10.2 Å². The summed E-state index contributed by atoms with van der Waals surface area (Å²) >= 11 is 0. The van der Waals surface area contributed by atoms with E-state index in [9.17, 15) is 9.18 Å². The van der Waals surface area contributed by atoms with E-state index in [0.29, 0.717) is 35.9 Å². The molecule has 2 aromatic heterocycles. The van der Waals surface area contributed by atoms with Gasteiger partial charge in [0.25, 0.3) is 0 Å². The van der Waals surface area contributed by atoms with Gasteiger partial charge < -0.3 is 10.2 Å². The van der Waals surface area contributed by atoms with Crippen LogP contribution in [0.1, 0.15) is 12.0 Å². The van der Waals surface area contributed by atoms with Gasteiger partial charge in [-0.3, -0.25) is 9.78 Å². The Morgan fingerprint density at radius 3 is 2.69 bits per heavy atom. The molecule has 1 aromatic carbocycles. The first-order chi connectivity index (χ1) is 15.7. The maximum Gasteiger partial charge on any atom is 0.244 e. The predicted molar refractivity (Wildman–Crippen MR) is 121 cm³/mol. The minimum Gasteiger partial charge on any atom is -0.353 e. The molecule has 1 saturated carbocycles. The summed E-state index contributed by atoms with van der Waals surface area (Å²) in [6.07, 6.45) is 8.91. The van der Waals surface area contributed by atoms with Crippen molar-refractivity contribution in [2.75, 3.05) is 24.5 Å². The van der Waals surface area contributed by atoms with E-state index < -0.39 is 0 Å². The van der Waals surface area contributed by atoms with Crippen molar-refractivity contribution < 1.29 is 9.18 Å². The molecule has 1 N–H and O–H groups in total. The number of hydrogen-bond donors (Lipinski definition) is 1. The molecule has 162 valence electrons. The second-order valence-electron chi connectivity index (χ2n) is 8.33. The van der Waals surface area contributed by atoms with E-state index in [1.807, 2.05) is 47.4 Å². The molecular weight excluding hydrogens is 405 g/mol. The van der Waals surface area contributed by atoms with Crippen LogP contribution < -0.4 is 10.2 Å². The molecule has 1 saturated heterocycles. The quantitative estimate of drug-likeness (QED) is 0.582. The van der Waals surface area contributed by atoms with Crippen molar-refractivity contribution in [1.29, 1.82) is 0 Å². The Morgan fingerprint density at radius 2 is 1.94 bits per heavy atom. The monoisotopic (exact) mass is 429 g/mol. The second kappa shape index (κ2) is 8.86. The van der Waals surface area contributed by atoms with Gasteiger partial charge >= 0.3 is 0 Å². The van der Waals surface area contributed by atoms with Gasteiger partial charge in [-0.2, -0.15) is 0 Å². The number of carbonyl (C=O) groups excluding carboxylic acids is 1. The van der Waals surface area contributed by atoms with Crippen LogP contribution in [-0.2, 0) is 4.79 Å². The highest BCUT2D eigenvalue weighted by molar-refractivity contribution is 5.91. The van der Waals surface area contributed by atoms with E-state index in [1.54, 1.807) is 18.5 Å². The fraction of sp³-hybridized carbons (Fsp3) is 0.280. The minimum absolute atomic E-state index is 0.0993. The maximum absolute atomic E-state index is 14.4. The number of hydrogen-bond acceptors (Lipinski definition) is 5. The van der Waals surface area contributed by atoms with Crippen molar-refractivity contribution in [1.82, 2.24) is 20.3 Å². The highest BCUT2D eigenvalue weighted by Gasteiger charge is 2.55. The number of rotatable bonds is 7. The number of piperidine rings is 1. The Hall–Kier alpha value is -3.61. The van der Waals surface area contributed by atoms with Crippen LogP contribution >= 0.6 is 0 Å². The summed E-state index contributed by atoms with van der Waals surface area (Å²) in [6.45, 7) is 2.24. The summed E-state index contributed by atoms with van der Waals surface area (Å²) in [6, 6.07) is 13.4. The van der Waals surface area contributed by atoms with Crippen molar-refractivity contribution in [3.05, 3.63) is 78.5 Å². The highest BCUT2D eigenvalue weighted by atomic mass is 19.1. The van der Waals surface area contributed by atoms with E-state index in [1.165, 1.54) is 12.3 Å². The largest absolute Gasteiger partial charge is 0.353 e. The van der Waals surface area contributed by atoms with E-state index in [4.69, 9.17) is 0 Å². The lowest BCUT2D eigenvalue weighted by Crippen LogP contribution is -2.28. The Bertz CT molecular complexity index is 1110. The molecule has 0 spiro atoms. The van der Waals surface area contributed by atoms with Crippen molar-refractivity contribution in [2.45, 2.75) is 6.42 Å². The molecule has 1 aliphatic heterocycles. The van der Waals surface area contributed by atoms with Gasteiger partial charge in [-0.25, -0.2) is 14.4 Å². The highest BCUT2D eigenvalue weighted by Crippen LogP contribution is 2.54. The van der Waals surface area contributed by atoms with Crippen LogP contribution in [0.25, 0.3) is 17.5 Å². The van der Waals surface area contributed by atoms with E-state index >= 15 is 0 Å². The third-order valence-electron chi connectivity index (χ3n) is 6.32. The number of nitrogens with one attached hydrogen (secondary N) is 1. The molecule has 3 heterocycles. The number of amides is 1. The Balaban J connectivity index is 1.11. The summed E-state index contributed by atoms with van der Waals surface area (Å²) in [4.78, 5) is 26.7. The van der Waals surface area contributed by atoms with Crippen LogP contribution in [0.2, 0.25) is 0 Å². The van der Waals surface area contributed by atoms with E-state index in [0.717, 1.165) is 30.6 Å². The van der Waals surface area contributed by atoms with Gasteiger partial charge in [0.1, 0.15) is 0 Å². The van der Waals surface area contributed by atoms with Gasteiger partial charge in [-0.05, 0) is 41.9 Å². The standard InChI is InChI=1S/C25H24FN5O/c26-22-14-29-24(18-6-2-1-3-7-18)30-25(22)31-15-20-19(21(20)16-31)10-12-28-23(32)9-8-17-5-4-11-27-13-17/h1-9,11,13-14,19-21H,10,12,15-16H2,(H,28,32)/b9-8+/t19-,20-,21+. The molecule has 1 aliphatic carbocycles. The summed E-state index contributed by atoms with van der Waals surface area (Å²) in [5, 5.41) is 2.95. The fourth-order valence-electron chi connectivity index (χ4n) is 4.62. The second-order valence-corrected chi connectivity index (χ2v) is 8.33. The van der Waals surface area contributed by atoms with Gasteiger partial charge in [0.05, 0.1) is 6.20 Å². The first-order valence-electron chi connectivity index (χ1n) is 10.9. The average Bonchev–Trinajstić information content (AvgIpc) is 3.27. The van der Waals surface area contributed by atoms with Crippen molar-refractivity contribution >= 4 is 17.8 Å².